The lowest BCUT2D eigenvalue weighted by Crippen LogP contribution is -2.22. The lowest BCUT2D eigenvalue weighted by Gasteiger charge is -2.22. The summed E-state index contributed by atoms with van der Waals surface area (Å²) in [6.07, 6.45) is 0. The Bertz CT molecular complexity index is 1070. The van der Waals surface area contributed by atoms with E-state index < -0.39 is 0 Å². The van der Waals surface area contributed by atoms with Crippen LogP contribution in [0.3, 0.4) is 0 Å². The molecule has 4 rings (SSSR count). The van der Waals surface area contributed by atoms with Crippen molar-refractivity contribution in [1.29, 1.82) is 0 Å². The van der Waals surface area contributed by atoms with Crippen LogP contribution in [-0.2, 0) is 0 Å². The molecule has 128 valence electrons. The van der Waals surface area contributed by atoms with E-state index in [-0.39, 0.29) is 5.78 Å². The van der Waals surface area contributed by atoms with Crippen molar-refractivity contribution < 1.29 is 4.79 Å². The van der Waals surface area contributed by atoms with Crippen molar-refractivity contribution in [2.45, 2.75) is 20.8 Å². The minimum atomic E-state index is -0.000741. The Hall–Kier alpha value is -3.20. The third-order valence-electron chi connectivity index (χ3n) is 4.86. The molecule has 0 saturated carbocycles. The zero-order valence-electron chi connectivity index (χ0n) is 15.1. The number of ketones is 1. The number of fused-ring (bicyclic) bond motifs is 2. The Morgan fingerprint density at radius 3 is 2.12 bits per heavy atom. The highest BCUT2D eigenvalue weighted by molar-refractivity contribution is 6.32. The predicted molar refractivity (Wildman–Crippen MR) is 107 cm³/mol. The van der Waals surface area contributed by atoms with E-state index in [0.717, 1.165) is 33.7 Å². The van der Waals surface area contributed by atoms with Crippen molar-refractivity contribution in [2.24, 2.45) is 4.99 Å². The van der Waals surface area contributed by atoms with Crippen LogP contribution in [0.1, 0.15) is 43.7 Å². The summed E-state index contributed by atoms with van der Waals surface area (Å²) in [7, 11) is 0. The molecule has 0 unspecified atom stereocenters. The highest BCUT2D eigenvalue weighted by Gasteiger charge is 2.29. The molecule has 0 aliphatic heterocycles. The van der Waals surface area contributed by atoms with E-state index in [9.17, 15) is 4.79 Å². The molecule has 0 amide bonds. The van der Waals surface area contributed by atoms with Crippen molar-refractivity contribution in [3.05, 3.63) is 93.5 Å². The van der Waals surface area contributed by atoms with Crippen LogP contribution in [-0.4, -0.2) is 11.5 Å². The van der Waals surface area contributed by atoms with Gasteiger partial charge in [0.25, 0.3) is 0 Å². The zero-order chi connectivity index (χ0) is 18.4. The molecule has 0 bridgehead atoms. The van der Waals surface area contributed by atoms with E-state index >= 15 is 0 Å². The van der Waals surface area contributed by atoms with Gasteiger partial charge in [-0.15, -0.1) is 0 Å². The van der Waals surface area contributed by atoms with Gasteiger partial charge in [0.15, 0.2) is 5.78 Å². The van der Waals surface area contributed by atoms with Crippen LogP contribution >= 0.6 is 0 Å². The molecule has 3 aromatic carbocycles. The fraction of sp³-hybridized carbons (Fsp3) is 0.130. The van der Waals surface area contributed by atoms with Gasteiger partial charge in [0.1, 0.15) is 0 Å². The van der Waals surface area contributed by atoms with Crippen LogP contribution in [0.4, 0.5) is 11.4 Å². The number of rotatable bonds is 1. The first-order chi connectivity index (χ1) is 12.5. The van der Waals surface area contributed by atoms with Gasteiger partial charge in [-0.2, -0.15) is 0 Å². The molecular weight excluding hydrogens is 320 g/mol. The van der Waals surface area contributed by atoms with Gasteiger partial charge in [0.05, 0.1) is 11.4 Å². The van der Waals surface area contributed by atoms with Crippen LogP contribution in [0.5, 0.6) is 0 Å². The summed E-state index contributed by atoms with van der Waals surface area (Å²) in [5, 5.41) is 0. The second kappa shape index (κ2) is 5.95. The van der Waals surface area contributed by atoms with Crippen LogP contribution in [0.2, 0.25) is 0 Å². The highest BCUT2D eigenvalue weighted by atomic mass is 16.1. The number of hydrogen-bond acceptors (Lipinski definition) is 3. The summed E-state index contributed by atoms with van der Waals surface area (Å²) in [5.74, 6) is -0.000741. The molecule has 3 aromatic rings. The topological polar surface area (TPSA) is 55.5 Å². The molecule has 1 aliphatic rings. The number of aryl methyl sites for hydroxylation is 3. The summed E-state index contributed by atoms with van der Waals surface area (Å²) in [6, 6.07) is 17.3. The number of carbonyl (C=O) groups is 1. The van der Waals surface area contributed by atoms with E-state index in [1.54, 1.807) is 0 Å². The Kier molecular flexibility index (Phi) is 3.73. The smallest absolute Gasteiger partial charge is 0.194 e. The van der Waals surface area contributed by atoms with Crippen molar-refractivity contribution in [3.8, 4) is 0 Å². The Morgan fingerprint density at radius 1 is 0.808 bits per heavy atom. The molecule has 1 aliphatic carbocycles. The number of carbonyl (C=O) groups excluding carboxylic acids is 1. The normalized spacial score (nSPS) is 14.3. The molecule has 0 radical (unpaired) electrons. The number of nitrogens with zero attached hydrogens (tertiary/aromatic N) is 1. The number of nitrogen functional groups attached to an aromatic ring is 1. The summed E-state index contributed by atoms with van der Waals surface area (Å²) in [4.78, 5) is 17.9. The number of aliphatic imine (C=N–C) groups is 1. The predicted octanol–water partition coefficient (Wildman–Crippen LogP) is 4.91. The molecule has 0 spiro atoms. The first-order valence-corrected chi connectivity index (χ1v) is 8.67. The Morgan fingerprint density at radius 2 is 1.42 bits per heavy atom. The highest BCUT2D eigenvalue weighted by Crippen LogP contribution is 2.34. The van der Waals surface area contributed by atoms with Crippen LogP contribution in [0.25, 0.3) is 0 Å². The fourth-order valence-corrected chi connectivity index (χ4v) is 3.77. The van der Waals surface area contributed by atoms with Gasteiger partial charge < -0.3 is 5.73 Å². The monoisotopic (exact) mass is 340 g/mol. The van der Waals surface area contributed by atoms with Gasteiger partial charge in [0.2, 0.25) is 0 Å². The summed E-state index contributed by atoms with van der Waals surface area (Å²) in [5.41, 5.74) is 14.8. The quantitative estimate of drug-likeness (QED) is 0.501. The molecule has 0 heterocycles. The summed E-state index contributed by atoms with van der Waals surface area (Å²) in [6.45, 7) is 6.21. The first kappa shape index (κ1) is 16.3. The van der Waals surface area contributed by atoms with Gasteiger partial charge in [0, 0.05) is 27.9 Å². The van der Waals surface area contributed by atoms with E-state index in [4.69, 9.17) is 10.7 Å². The fourth-order valence-electron chi connectivity index (χ4n) is 3.77. The minimum Gasteiger partial charge on any atom is -0.398 e. The molecule has 3 heteroatoms. The molecular formula is C23H20N2O. The maximum absolute atomic E-state index is 12.9. The van der Waals surface area contributed by atoms with Crippen molar-refractivity contribution in [1.82, 2.24) is 0 Å². The second-order valence-corrected chi connectivity index (χ2v) is 6.85. The van der Waals surface area contributed by atoms with E-state index in [1.165, 1.54) is 5.56 Å². The Labute approximate surface area is 153 Å². The number of hydrogen-bond donors (Lipinski definition) is 1. The average Bonchev–Trinajstić information content (AvgIpc) is 2.61. The number of benzene rings is 3. The summed E-state index contributed by atoms with van der Waals surface area (Å²) < 4.78 is 0. The third kappa shape index (κ3) is 2.44. The lowest BCUT2D eigenvalue weighted by molar-refractivity contribution is 0.103. The van der Waals surface area contributed by atoms with Gasteiger partial charge in [-0.25, -0.2) is 4.99 Å². The maximum Gasteiger partial charge on any atom is 0.194 e. The van der Waals surface area contributed by atoms with Crippen LogP contribution in [0.15, 0.2) is 59.6 Å². The second-order valence-electron chi connectivity index (χ2n) is 6.85. The average molecular weight is 340 g/mol. The molecule has 0 saturated heterocycles. The number of anilines is 1. The van der Waals surface area contributed by atoms with Crippen LogP contribution < -0.4 is 5.73 Å². The maximum atomic E-state index is 12.9. The van der Waals surface area contributed by atoms with E-state index in [0.29, 0.717) is 16.8 Å². The van der Waals surface area contributed by atoms with Gasteiger partial charge in [-0.3, -0.25) is 4.79 Å². The molecule has 2 N–H and O–H groups in total. The SMILES string of the molecule is Cc1cc(C)c(N=C2c3ccccc3C(=O)c3cccc(N)c32)c(C)c1. The van der Waals surface area contributed by atoms with Crippen LogP contribution in [0, 0.1) is 20.8 Å². The van der Waals surface area contributed by atoms with E-state index in [2.05, 4.69) is 32.9 Å². The van der Waals surface area contributed by atoms with Crippen molar-refractivity contribution >= 4 is 22.9 Å². The van der Waals surface area contributed by atoms with Crippen molar-refractivity contribution in [3.63, 3.8) is 0 Å². The Balaban J connectivity index is 2.07. The first-order valence-electron chi connectivity index (χ1n) is 8.67. The third-order valence-corrected chi connectivity index (χ3v) is 4.86. The minimum absolute atomic E-state index is 0.000741. The number of nitrogens with two attached hydrogens (primary N) is 1. The van der Waals surface area contributed by atoms with E-state index in [1.807, 2.05) is 42.5 Å². The molecule has 3 nitrogen and oxygen atoms in total. The molecule has 26 heavy (non-hydrogen) atoms. The largest absolute Gasteiger partial charge is 0.398 e. The van der Waals surface area contributed by atoms with Gasteiger partial charge in [-0.05, 0) is 38.0 Å². The standard InChI is InChI=1S/C23H20N2O/c1-13-11-14(2)21(15(3)12-13)25-22-16-7-4-5-8-17(16)23(26)18-9-6-10-19(24)20(18)22/h4-12H,24H2,1-3H3. The molecule has 0 fully saturated rings. The summed E-state index contributed by atoms with van der Waals surface area (Å²) >= 11 is 0. The van der Waals surface area contributed by atoms with Crippen molar-refractivity contribution in [2.75, 3.05) is 5.73 Å². The molecule has 0 atom stereocenters. The van der Waals surface area contributed by atoms with Gasteiger partial charge >= 0.3 is 0 Å². The zero-order valence-corrected chi connectivity index (χ0v) is 15.1. The molecule has 0 aromatic heterocycles. The van der Waals surface area contributed by atoms with Gasteiger partial charge in [-0.1, -0.05) is 54.1 Å². The lowest BCUT2D eigenvalue weighted by atomic mass is 9.82.